The summed E-state index contributed by atoms with van der Waals surface area (Å²) in [6.45, 7) is 3.06. The Morgan fingerprint density at radius 1 is 1.47 bits per heavy atom. The molecular weight excluding hydrogens is 262 g/mol. The van der Waals surface area contributed by atoms with Crippen LogP contribution in [0.3, 0.4) is 0 Å². The van der Waals surface area contributed by atoms with Crippen LogP contribution in [0.25, 0.3) is 0 Å². The van der Waals surface area contributed by atoms with E-state index in [9.17, 15) is 4.79 Å². The highest BCUT2D eigenvalue weighted by molar-refractivity contribution is 7.11. The molecule has 2 aromatic rings. The SMILES string of the molecule is Cc1cccc(C(=O)N2CC(Oc3nccs3)C2)n1. The van der Waals surface area contributed by atoms with Gasteiger partial charge in [0.1, 0.15) is 11.8 Å². The van der Waals surface area contributed by atoms with Crippen molar-refractivity contribution in [2.24, 2.45) is 0 Å². The van der Waals surface area contributed by atoms with Gasteiger partial charge in [0.15, 0.2) is 0 Å². The molecule has 0 bridgehead atoms. The van der Waals surface area contributed by atoms with Crippen LogP contribution in [0.1, 0.15) is 16.2 Å². The Balaban J connectivity index is 1.57. The van der Waals surface area contributed by atoms with Crippen molar-refractivity contribution in [3.8, 4) is 5.19 Å². The van der Waals surface area contributed by atoms with E-state index in [0.717, 1.165) is 5.69 Å². The van der Waals surface area contributed by atoms with Crippen LogP contribution in [0.15, 0.2) is 29.8 Å². The van der Waals surface area contributed by atoms with Crippen molar-refractivity contribution in [1.29, 1.82) is 0 Å². The van der Waals surface area contributed by atoms with Gasteiger partial charge in [0.2, 0.25) is 0 Å². The Labute approximate surface area is 114 Å². The van der Waals surface area contributed by atoms with Gasteiger partial charge < -0.3 is 9.64 Å². The fourth-order valence-electron chi connectivity index (χ4n) is 1.91. The maximum atomic E-state index is 12.1. The molecule has 3 rings (SSSR count). The number of hydrogen-bond donors (Lipinski definition) is 0. The van der Waals surface area contributed by atoms with E-state index in [1.54, 1.807) is 17.2 Å². The molecule has 0 aromatic carbocycles. The summed E-state index contributed by atoms with van der Waals surface area (Å²) >= 11 is 1.46. The second-order valence-electron chi connectivity index (χ2n) is 4.41. The van der Waals surface area contributed by atoms with E-state index in [2.05, 4.69) is 9.97 Å². The fraction of sp³-hybridized carbons (Fsp3) is 0.308. The minimum Gasteiger partial charge on any atom is -0.463 e. The number of thiazole rings is 1. The van der Waals surface area contributed by atoms with Gasteiger partial charge in [0.25, 0.3) is 11.1 Å². The van der Waals surface area contributed by atoms with E-state index in [1.807, 2.05) is 24.4 Å². The molecule has 3 heterocycles. The van der Waals surface area contributed by atoms with Crippen molar-refractivity contribution in [2.75, 3.05) is 13.1 Å². The molecule has 0 unspecified atom stereocenters. The number of amides is 1. The molecule has 19 heavy (non-hydrogen) atoms. The third-order valence-electron chi connectivity index (χ3n) is 2.92. The van der Waals surface area contributed by atoms with E-state index >= 15 is 0 Å². The highest BCUT2D eigenvalue weighted by atomic mass is 32.1. The van der Waals surface area contributed by atoms with Gasteiger partial charge in [-0.05, 0) is 19.1 Å². The minimum absolute atomic E-state index is 0.0392. The first-order valence-electron chi connectivity index (χ1n) is 6.01. The normalized spacial score (nSPS) is 15.1. The van der Waals surface area contributed by atoms with Crippen molar-refractivity contribution < 1.29 is 9.53 Å². The van der Waals surface area contributed by atoms with E-state index in [0.29, 0.717) is 24.0 Å². The molecule has 1 fully saturated rings. The van der Waals surface area contributed by atoms with Gasteiger partial charge >= 0.3 is 0 Å². The second-order valence-corrected chi connectivity index (χ2v) is 5.27. The first-order valence-corrected chi connectivity index (χ1v) is 6.89. The monoisotopic (exact) mass is 275 g/mol. The van der Waals surface area contributed by atoms with Gasteiger partial charge in [-0.1, -0.05) is 17.4 Å². The molecule has 1 amide bonds. The predicted molar refractivity (Wildman–Crippen MR) is 71.4 cm³/mol. The van der Waals surface area contributed by atoms with Crippen LogP contribution in [0.4, 0.5) is 0 Å². The zero-order chi connectivity index (χ0) is 13.2. The summed E-state index contributed by atoms with van der Waals surface area (Å²) in [6, 6.07) is 5.46. The molecule has 98 valence electrons. The predicted octanol–water partition coefficient (Wildman–Crippen LogP) is 1.75. The van der Waals surface area contributed by atoms with Gasteiger partial charge in [-0.3, -0.25) is 4.79 Å². The Hall–Kier alpha value is -1.95. The largest absolute Gasteiger partial charge is 0.463 e. The summed E-state index contributed by atoms with van der Waals surface area (Å²) in [4.78, 5) is 22.2. The van der Waals surface area contributed by atoms with Crippen LogP contribution in [-0.4, -0.2) is 40.0 Å². The molecule has 0 radical (unpaired) electrons. The molecule has 1 aliphatic rings. The number of rotatable bonds is 3. The van der Waals surface area contributed by atoms with Gasteiger partial charge in [-0.15, -0.1) is 0 Å². The minimum atomic E-state index is -0.0392. The molecule has 0 saturated carbocycles. The van der Waals surface area contributed by atoms with Gasteiger partial charge in [-0.25, -0.2) is 9.97 Å². The summed E-state index contributed by atoms with van der Waals surface area (Å²) in [5.74, 6) is -0.0392. The molecule has 5 nitrogen and oxygen atoms in total. The van der Waals surface area contributed by atoms with Crippen LogP contribution < -0.4 is 4.74 Å². The lowest BCUT2D eigenvalue weighted by Crippen LogP contribution is -2.56. The maximum Gasteiger partial charge on any atom is 0.273 e. The van der Waals surface area contributed by atoms with Crippen LogP contribution in [0.2, 0.25) is 0 Å². The zero-order valence-corrected chi connectivity index (χ0v) is 11.3. The molecule has 1 saturated heterocycles. The summed E-state index contributed by atoms with van der Waals surface area (Å²) in [5, 5.41) is 2.53. The topological polar surface area (TPSA) is 55.3 Å². The molecule has 6 heteroatoms. The van der Waals surface area contributed by atoms with Gasteiger partial charge in [-0.2, -0.15) is 0 Å². The number of aromatic nitrogens is 2. The molecule has 1 aliphatic heterocycles. The van der Waals surface area contributed by atoms with Gasteiger partial charge in [0.05, 0.1) is 13.1 Å². The van der Waals surface area contributed by atoms with Gasteiger partial charge in [0, 0.05) is 17.3 Å². The molecule has 2 aromatic heterocycles. The molecule has 0 N–H and O–H groups in total. The lowest BCUT2D eigenvalue weighted by atomic mass is 10.1. The molecular formula is C13H13N3O2S. The number of ether oxygens (including phenoxy) is 1. The second kappa shape index (κ2) is 4.97. The summed E-state index contributed by atoms with van der Waals surface area (Å²) in [7, 11) is 0. The Morgan fingerprint density at radius 3 is 3.00 bits per heavy atom. The first kappa shape index (κ1) is 12.1. The summed E-state index contributed by atoms with van der Waals surface area (Å²) < 4.78 is 5.62. The fourth-order valence-corrected chi connectivity index (χ4v) is 2.47. The quantitative estimate of drug-likeness (QED) is 0.856. The van der Waals surface area contributed by atoms with Crippen molar-refractivity contribution in [1.82, 2.24) is 14.9 Å². The Bertz CT molecular complexity index is 579. The van der Waals surface area contributed by atoms with E-state index in [1.165, 1.54) is 11.3 Å². The van der Waals surface area contributed by atoms with Crippen LogP contribution >= 0.6 is 11.3 Å². The third-order valence-corrected chi connectivity index (χ3v) is 3.58. The van der Waals surface area contributed by atoms with Crippen molar-refractivity contribution >= 4 is 17.2 Å². The number of pyridine rings is 1. The smallest absolute Gasteiger partial charge is 0.273 e. The zero-order valence-electron chi connectivity index (χ0n) is 10.4. The van der Waals surface area contributed by atoms with E-state index < -0.39 is 0 Å². The molecule has 0 spiro atoms. The molecule has 0 aliphatic carbocycles. The highest BCUT2D eigenvalue weighted by Crippen LogP contribution is 2.21. The summed E-state index contributed by atoms with van der Waals surface area (Å²) in [5.41, 5.74) is 1.34. The van der Waals surface area contributed by atoms with Crippen molar-refractivity contribution in [2.45, 2.75) is 13.0 Å². The lowest BCUT2D eigenvalue weighted by molar-refractivity contribution is 0.0172. The van der Waals surface area contributed by atoms with E-state index in [-0.39, 0.29) is 12.0 Å². The van der Waals surface area contributed by atoms with Crippen LogP contribution in [-0.2, 0) is 0 Å². The number of likely N-dealkylation sites (tertiary alicyclic amines) is 1. The van der Waals surface area contributed by atoms with Crippen LogP contribution in [0, 0.1) is 6.92 Å². The number of carbonyl (C=O) groups excluding carboxylic acids is 1. The number of aryl methyl sites for hydroxylation is 1. The van der Waals surface area contributed by atoms with Crippen LogP contribution in [0.5, 0.6) is 5.19 Å². The van der Waals surface area contributed by atoms with E-state index in [4.69, 9.17) is 4.74 Å². The highest BCUT2D eigenvalue weighted by Gasteiger charge is 2.33. The Morgan fingerprint density at radius 2 is 2.32 bits per heavy atom. The number of carbonyl (C=O) groups is 1. The maximum absolute atomic E-state index is 12.1. The average Bonchev–Trinajstić information content (AvgIpc) is 2.85. The van der Waals surface area contributed by atoms with Crippen molar-refractivity contribution in [3.05, 3.63) is 41.2 Å². The summed E-state index contributed by atoms with van der Waals surface area (Å²) in [6.07, 6.45) is 1.75. The average molecular weight is 275 g/mol. The lowest BCUT2D eigenvalue weighted by Gasteiger charge is -2.38. The first-order chi connectivity index (χ1) is 9.22. The Kier molecular flexibility index (Phi) is 3.16. The molecule has 0 atom stereocenters. The van der Waals surface area contributed by atoms with Crippen molar-refractivity contribution in [3.63, 3.8) is 0 Å². The third kappa shape index (κ3) is 2.58. The number of nitrogens with zero attached hydrogens (tertiary/aromatic N) is 3. The number of hydrogen-bond acceptors (Lipinski definition) is 5. The standard InChI is InChI=1S/C13H13N3O2S/c1-9-3-2-4-11(15-9)12(17)16-7-10(8-16)18-13-14-5-6-19-13/h2-6,10H,7-8H2,1H3.